The van der Waals surface area contributed by atoms with E-state index in [1.807, 2.05) is 0 Å². The second kappa shape index (κ2) is 6.92. The fourth-order valence-corrected chi connectivity index (χ4v) is 2.12. The smallest absolute Gasteiger partial charge is 0.318 e. The molecule has 0 N–H and O–H groups in total. The predicted molar refractivity (Wildman–Crippen MR) is 83.2 cm³/mol. The van der Waals surface area contributed by atoms with Gasteiger partial charge in [0, 0.05) is 11.6 Å². The van der Waals surface area contributed by atoms with Crippen LogP contribution in [0, 0.1) is 20.2 Å². The van der Waals surface area contributed by atoms with Crippen LogP contribution in [-0.4, -0.2) is 23.2 Å². The van der Waals surface area contributed by atoms with Gasteiger partial charge in [-0.3, -0.25) is 25.0 Å². The first-order valence-corrected chi connectivity index (χ1v) is 6.68. The first-order chi connectivity index (χ1) is 11.4. The Bertz CT molecular complexity index is 838. The molecular formula is C14H9ClN2O7. The normalized spacial score (nSPS) is 10.1. The molecule has 0 amide bonds. The van der Waals surface area contributed by atoms with Gasteiger partial charge in [-0.05, 0) is 18.2 Å². The zero-order chi connectivity index (χ0) is 17.9. The lowest BCUT2D eigenvalue weighted by molar-refractivity contribution is -0.394. The van der Waals surface area contributed by atoms with Crippen LogP contribution in [0.15, 0.2) is 30.3 Å². The Morgan fingerprint density at radius 1 is 1.08 bits per heavy atom. The molecule has 0 aliphatic rings. The molecule has 0 aliphatic carbocycles. The van der Waals surface area contributed by atoms with E-state index in [-0.39, 0.29) is 27.8 Å². The molecule has 0 saturated heterocycles. The van der Waals surface area contributed by atoms with Crippen LogP contribution in [0.4, 0.5) is 11.4 Å². The maximum absolute atomic E-state index is 11.1. The molecule has 0 radical (unpaired) electrons. The number of rotatable bonds is 6. The fraction of sp³-hybridized carbons (Fsp3) is 0.0714. The summed E-state index contributed by atoms with van der Waals surface area (Å²) in [6, 6.07) is 5.55. The number of carbonyl (C=O) groups excluding carboxylic acids is 1. The summed E-state index contributed by atoms with van der Waals surface area (Å²) in [7, 11) is 1.30. The van der Waals surface area contributed by atoms with E-state index in [1.54, 1.807) is 0 Å². The average Bonchev–Trinajstić information content (AvgIpc) is 2.56. The molecule has 124 valence electrons. The van der Waals surface area contributed by atoms with E-state index in [0.29, 0.717) is 6.29 Å². The molecule has 0 unspecified atom stereocenters. The Kier molecular flexibility index (Phi) is 4.95. The first-order valence-electron chi connectivity index (χ1n) is 6.30. The van der Waals surface area contributed by atoms with Gasteiger partial charge < -0.3 is 9.47 Å². The SMILES string of the molecule is COc1cc(C=O)cc(Cl)c1Oc1ccc([N+](=O)[O-])cc1[N+](=O)[O-]. The van der Waals surface area contributed by atoms with Crippen molar-refractivity contribution in [3.8, 4) is 17.2 Å². The average molecular weight is 353 g/mol. The van der Waals surface area contributed by atoms with Crippen LogP contribution in [0.2, 0.25) is 5.02 Å². The fourth-order valence-electron chi connectivity index (χ4n) is 1.87. The van der Waals surface area contributed by atoms with Crippen molar-refractivity contribution in [2.75, 3.05) is 7.11 Å². The standard InChI is InChI=1S/C14H9ClN2O7/c1-23-13-5-8(7-18)4-10(15)14(13)24-12-3-2-9(16(19)20)6-11(12)17(21)22/h2-7H,1H3. The number of hydrogen-bond acceptors (Lipinski definition) is 7. The minimum atomic E-state index is -0.817. The molecule has 2 aromatic carbocycles. The van der Waals surface area contributed by atoms with E-state index in [0.717, 1.165) is 18.2 Å². The molecule has 0 aromatic heterocycles. The van der Waals surface area contributed by atoms with Crippen LogP contribution in [0.25, 0.3) is 0 Å². The third kappa shape index (κ3) is 3.41. The molecule has 24 heavy (non-hydrogen) atoms. The molecular weight excluding hydrogens is 344 g/mol. The quantitative estimate of drug-likeness (QED) is 0.440. The highest BCUT2D eigenvalue weighted by molar-refractivity contribution is 6.32. The number of halogens is 1. The highest BCUT2D eigenvalue weighted by Gasteiger charge is 2.23. The molecule has 0 spiro atoms. The zero-order valence-corrected chi connectivity index (χ0v) is 12.9. The monoisotopic (exact) mass is 352 g/mol. The Labute approximate surface area is 139 Å². The van der Waals surface area contributed by atoms with E-state index >= 15 is 0 Å². The minimum Gasteiger partial charge on any atom is -0.493 e. The zero-order valence-electron chi connectivity index (χ0n) is 12.1. The van der Waals surface area contributed by atoms with Gasteiger partial charge in [0.25, 0.3) is 5.69 Å². The van der Waals surface area contributed by atoms with Crippen molar-refractivity contribution in [3.63, 3.8) is 0 Å². The molecule has 10 heteroatoms. The van der Waals surface area contributed by atoms with Gasteiger partial charge in [0.15, 0.2) is 11.5 Å². The second-order valence-corrected chi connectivity index (χ2v) is 4.83. The predicted octanol–water partition coefficient (Wildman–Crippen LogP) is 3.77. The van der Waals surface area contributed by atoms with Gasteiger partial charge in [-0.25, -0.2) is 0 Å². The first kappa shape index (κ1) is 17.2. The van der Waals surface area contributed by atoms with Crippen molar-refractivity contribution in [2.45, 2.75) is 0 Å². The van der Waals surface area contributed by atoms with Crippen molar-refractivity contribution < 1.29 is 24.1 Å². The number of nitro groups is 2. The second-order valence-electron chi connectivity index (χ2n) is 4.42. The molecule has 0 aliphatic heterocycles. The highest BCUT2D eigenvalue weighted by atomic mass is 35.5. The molecule has 0 fully saturated rings. The third-order valence-electron chi connectivity index (χ3n) is 2.95. The van der Waals surface area contributed by atoms with Gasteiger partial charge in [-0.15, -0.1) is 0 Å². The van der Waals surface area contributed by atoms with Gasteiger partial charge in [-0.1, -0.05) is 11.6 Å². The summed E-state index contributed by atoms with van der Waals surface area (Å²) < 4.78 is 10.5. The van der Waals surface area contributed by atoms with E-state index in [2.05, 4.69) is 0 Å². The summed E-state index contributed by atoms with van der Waals surface area (Å²) in [4.78, 5) is 31.1. The lowest BCUT2D eigenvalue weighted by Gasteiger charge is -2.12. The maximum atomic E-state index is 11.1. The molecule has 9 nitrogen and oxygen atoms in total. The Morgan fingerprint density at radius 2 is 1.79 bits per heavy atom. The van der Waals surface area contributed by atoms with E-state index in [1.165, 1.54) is 19.2 Å². The minimum absolute atomic E-state index is 0.0101. The topological polar surface area (TPSA) is 122 Å². The Morgan fingerprint density at radius 3 is 2.33 bits per heavy atom. The van der Waals surface area contributed by atoms with Crippen LogP contribution in [0.3, 0.4) is 0 Å². The highest BCUT2D eigenvalue weighted by Crippen LogP contribution is 2.42. The summed E-state index contributed by atoms with van der Waals surface area (Å²) in [5, 5.41) is 21.8. The van der Waals surface area contributed by atoms with Crippen LogP contribution in [-0.2, 0) is 0 Å². The van der Waals surface area contributed by atoms with Gasteiger partial charge in [0.05, 0.1) is 28.0 Å². The summed E-state index contributed by atoms with van der Waals surface area (Å²) in [6.07, 6.45) is 0.548. The maximum Gasteiger partial charge on any atom is 0.318 e. The number of ether oxygens (including phenoxy) is 2. The number of nitro benzene ring substituents is 2. The van der Waals surface area contributed by atoms with Gasteiger partial charge in [0.2, 0.25) is 5.75 Å². The van der Waals surface area contributed by atoms with Gasteiger partial charge in [0.1, 0.15) is 6.29 Å². The number of aldehydes is 1. The van der Waals surface area contributed by atoms with E-state index < -0.39 is 21.2 Å². The molecule has 0 saturated carbocycles. The summed E-state index contributed by atoms with van der Waals surface area (Å²) in [5.74, 6) is -0.233. The lowest BCUT2D eigenvalue weighted by Crippen LogP contribution is -1.98. The number of non-ortho nitro benzene ring substituents is 1. The van der Waals surface area contributed by atoms with Crippen molar-refractivity contribution in [1.29, 1.82) is 0 Å². The van der Waals surface area contributed by atoms with Crippen molar-refractivity contribution in [1.82, 2.24) is 0 Å². The number of hydrogen-bond donors (Lipinski definition) is 0. The van der Waals surface area contributed by atoms with Gasteiger partial charge in [-0.2, -0.15) is 0 Å². The van der Waals surface area contributed by atoms with Crippen LogP contribution >= 0.6 is 11.6 Å². The summed E-state index contributed by atoms with van der Waals surface area (Å²) in [5.41, 5.74) is -0.840. The summed E-state index contributed by atoms with van der Waals surface area (Å²) in [6.45, 7) is 0. The molecule has 2 rings (SSSR count). The third-order valence-corrected chi connectivity index (χ3v) is 3.23. The lowest BCUT2D eigenvalue weighted by atomic mass is 10.2. The Balaban J connectivity index is 2.54. The van der Waals surface area contributed by atoms with Crippen molar-refractivity contribution in [3.05, 3.63) is 61.1 Å². The number of carbonyl (C=O) groups is 1. The van der Waals surface area contributed by atoms with Crippen LogP contribution in [0.1, 0.15) is 10.4 Å². The number of nitrogens with zero attached hydrogens (tertiary/aromatic N) is 2. The molecule has 0 heterocycles. The molecule has 2 aromatic rings. The van der Waals surface area contributed by atoms with E-state index in [9.17, 15) is 25.0 Å². The number of methoxy groups -OCH3 is 1. The van der Waals surface area contributed by atoms with Gasteiger partial charge >= 0.3 is 5.69 Å². The summed E-state index contributed by atoms with van der Waals surface area (Å²) >= 11 is 6.01. The van der Waals surface area contributed by atoms with E-state index in [4.69, 9.17) is 21.1 Å². The van der Waals surface area contributed by atoms with Crippen molar-refractivity contribution >= 4 is 29.3 Å². The van der Waals surface area contributed by atoms with Crippen LogP contribution < -0.4 is 9.47 Å². The van der Waals surface area contributed by atoms with Crippen molar-refractivity contribution in [2.24, 2.45) is 0 Å². The molecule has 0 bridgehead atoms. The molecule has 0 atom stereocenters. The number of benzene rings is 2. The Hall–Kier alpha value is -3.20. The van der Waals surface area contributed by atoms with Crippen LogP contribution in [0.5, 0.6) is 17.2 Å². The largest absolute Gasteiger partial charge is 0.493 e.